The van der Waals surface area contributed by atoms with Gasteiger partial charge in [0.05, 0.1) is 6.10 Å². The molecule has 0 radical (unpaired) electrons. The van der Waals surface area contributed by atoms with Crippen LogP contribution in [0.15, 0.2) is 0 Å². The Morgan fingerprint density at radius 2 is 2.00 bits per heavy atom. The van der Waals surface area contributed by atoms with Crippen LogP contribution in [0.4, 0.5) is 4.79 Å². The number of β-lactam (4-membered cyclic amide) rings is 1. The SMILES string of the molecule is CC(O)C(C(=O)N1CCCC12CNC2=O)N(C(=O)O)C(C)(C)C. The molecule has 2 aliphatic heterocycles. The number of carboxylic acid groups (broad SMARTS) is 1. The summed E-state index contributed by atoms with van der Waals surface area (Å²) in [5, 5.41) is 22.3. The number of carbonyl (C=O) groups excluding carboxylic acids is 2. The van der Waals surface area contributed by atoms with Crippen LogP contribution in [0.25, 0.3) is 0 Å². The summed E-state index contributed by atoms with van der Waals surface area (Å²) < 4.78 is 0. The summed E-state index contributed by atoms with van der Waals surface area (Å²) >= 11 is 0. The second-order valence-electron chi connectivity index (χ2n) is 7.32. The zero-order valence-electron chi connectivity index (χ0n) is 14.0. The monoisotopic (exact) mass is 327 g/mol. The van der Waals surface area contributed by atoms with Crippen molar-refractivity contribution in [2.45, 2.75) is 63.8 Å². The van der Waals surface area contributed by atoms with Gasteiger partial charge < -0.3 is 20.4 Å². The van der Waals surface area contributed by atoms with Gasteiger partial charge in [0.15, 0.2) is 0 Å². The highest BCUT2D eigenvalue weighted by Crippen LogP contribution is 2.35. The summed E-state index contributed by atoms with van der Waals surface area (Å²) in [6.45, 7) is 7.17. The standard InChI is InChI=1S/C15H25N3O5/c1-9(19)10(18(13(22)23)14(2,3)4)11(20)17-7-5-6-15(17)8-16-12(15)21/h9-10,19H,5-8H2,1-4H3,(H,16,21)(H,22,23). The summed E-state index contributed by atoms with van der Waals surface area (Å²) in [5.41, 5.74) is -1.73. The van der Waals surface area contributed by atoms with Gasteiger partial charge in [-0.15, -0.1) is 0 Å². The van der Waals surface area contributed by atoms with Crippen LogP contribution in [0, 0.1) is 0 Å². The fourth-order valence-corrected chi connectivity index (χ4v) is 3.50. The average Bonchev–Trinajstić information content (AvgIpc) is 2.87. The minimum Gasteiger partial charge on any atom is -0.465 e. The van der Waals surface area contributed by atoms with Crippen LogP contribution in [-0.2, 0) is 9.59 Å². The molecule has 8 nitrogen and oxygen atoms in total. The molecule has 1 spiro atoms. The summed E-state index contributed by atoms with van der Waals surface area (Å²) in [5.74, 6) is -0.713. The number of likely N-dealkylation sites (tertiary alicyclic amines) is 1. The zero-order valence-corrected chi connectivity index (χ0v) is 14.0. The molecule has 0 aromatic carbocycles. The maximum absolute atomic E-state index is 13.0. The van der Waals surface area contributed by atoms with Gasteiger partial charge in [-0.1, -0.05) is 0 Å². The number of aliphatic hydroxyl groups excluding tert-OH is 1. The van der Waals surface area contributed by atoms with Crippen molar-refractivity contribution in [1.82, 2.24) is 15.1 Å². The molecular formula is C15H25N3O5. The Labute approximate surface area is 135 Å². The number of nitrogens with one attached hydrogen (secondary N) is 1. The highest BCUT2D eigenvalue weighted by Gasteiger charge is 2.57. The molecule has 23 heavy (non-hydrogen) atoms. The lowest BCUT2D eigenvalue weighted by Gasteiger charge is -2.48. The average molecular weight is 327 g/mol. The molecule has 2 fully saturated rings. The third kappa shape index (κ3) is 2.75. The normalized spacial score (nSPS) is 26.5. The number of hydrogen-bond donors (Lipinski definition) is 3. The first kappa shape index (κ1) is 17.5. The molecule has 2 rings (SSSR count). The first-order valence-corrected chi connectivity index (χ1v) is 7.82. The topological polar surface area (TPSA) is 110 Å². The molecule has 0 aliphatic carbocycles. The van der Waals surface area contributed by atoms with Gasteiger partial charge in [0.2, 0.25) is 11.8 Å². The third-order valence-electron chi connectivity index (χ3n) is 4.64. The number of nitrogens with zero attached hydrogens (tertiary/aromatic N) is 2. The van der Waals surface area contributed by atoms with E-state index in [1.165, 1.54) is 11.8 Å². The quantitative estimate of drug-likeness (QED) is 0.632. The van der Waals surface area contributed by atoms with Crippen LogP contribution in [0.5, 0.6) is 0 Å². The largest absolute Gasteiger partial charge is 0.465 e. The van der Waals surface area contributed by atoms with Gasteiger partial charge in [-0.25, -0.2) is 4.79 Å². The van der Waals surface area contributed by atoms with Crippen molar-refractivity contribution in [3.63, 3.8) is 0 Å². The number of amides is 3. The minimum atomic E-state index is -1.27. The van der Waals surface area contributed by atoms with E-state index in [-0.39, 0.29) is 5.91 Å². The van der Waals surface area contributed by atoms with Gasteiger partial charge >= 0.3 is 6.09 Å². The molecule has 0 aromatic rings. The number of rotatable bonds is 3. The molecule has 8 heteroatoms. The molecule has 0 bridgehead atoms. The Morgan fingerprint density at radius 3 is 2.35 bits per heavy atom. The van der Waals surface area contributed by atoms with Crippen LogP contribution < -0.4 is 5.32 Å². The first-order chi connectivity index (χ1) is 10.5. The van der Waals surface area contributed by atoms with Crippen molar-refractivity contribution in [3.8, 4) is 0 Å². The van der Waals surface area contributed by atoms with Gasteiger partial charge in [-0.3, -0.25) is 14.5 Å². The van der Waals surface area contributed by atoms with Gasteiger partial charge in [-0.2, -0.15) is 0 Å². The van der Waals surface area contributed by atoms with E-state index in [1.807, 2.05) is 0 Å². The molecule has 3 unspecified atom stereocenters. The van der Waals surface area contributed by atoms with Crippen molar-refractivity contribution >= 4 is 17.9 Å². The summed E-state index contributed by atoms with van der Waals surface area (Å²) in [6, 6.07) is -1.24. The molecule has 130 valence electrons. The number of aliphatic hydroxyl groups is 1. The molecular weight excluding hydrogens is 302 g/mol. The summed E-state index contributed by atoms with van der Waals surface area (Å²) in [4.78, 5) is 39.1. The van der Waals surface area contributed by atoms with E-state index < -0.39 is 35.2 Å². The first-order valence-electron chi connectivity index (χ1n) is 7.82. The molecule has 3 atom stereocenters. The van der Waals surface area contributed by atoms with E-state index >= 15 is 0 Å². The zero-order chi connectivity index (χ0) is 17.6. The maximum Gasteiger partial charge on any atom is 0.408 e. The van der Waals surface area contributed by atoms with E-state index in [0.29, 0.717) is 25.9 Å². The van der Waals surface area contributed by atoms with E-state index in [2.05, 4.69) is 5.32 Å². The van der Waals surface area contributed by atoms with E-state index in [0.717, 1.165) is 4.90 Å². The predicted octanol–water partition coefficient (Wildman–Crippen LogP) is 0.00530. The van der Waals surface area contributed by atoms with E-state index in [1.54, 1.807) is 20.8 Å². The number of carbonyl (C=O) groups is 3. The van der Waals surface area contributed by atoms with E-state index in [4.69, 9.17) is 0 Å². The van der Waals surface area contributed by atoms with Crippen LogP contribution in [0.1, 0.15) is 40.5 Å². The van der Waals surface area contributed by atoms with Gasteiger partial charge in [0.1, 0.15) is 11.6 Å². The van der Waals surface area contributed by atoms with Crippen molar-refractivity contribution in [2.24, 2.45) is 0 Å². The Balaban J connectivity index is 2.36. The Kier molecular flexibility index (Phi) is 4.32. The van der Waals surface area contributed by atoms with Gasteiger partial charge in [0, 0.05) is 18.6 Å². The fraction of sp³-hybridized carbons (Fsp3) is 0.800. The highest BCUT2D eigenvalue weighted by atomic mass is 16.4. The van der Waals surface area contributed by atoms with Crippen LogP contribution in [-0.4, -0.2) is 74.2 Å². The lowest BCUT2D eigenvalue weighted by atomic mass is 9.87. The lowest BCUT2D eigenvalue weighted by molar-refractivity contribution is -0.158. The predicted molar refractivity (Wildman–Crippen MR) is 81.8 cm³/mol. The van der Waals surface area contributed by atoms with Crippen molar-refractivity contribution in [3.05, 3.63) is 0 Å². The lowest BCUT2D eigenvalue weighted by Crippen LogP contribution is -2.74. The van der Waals surface area contributed by atoms with Crippen LogP contribution >= 0.6 is 0 Å². The van der Waals surface area contributed by atoms with Gasteiger partial charge in [0.25, 0.3) is 0 Å². The molecule has 3 N–H and O–H groups in total. The Hall–Kier alpha value is -1.83. The van der Waals surface area contributed by atoms with E-state index in [9.17, 15) is 24.6 Å². The van der Waals surface area contributed by atoms with Crippen LogP contribution in [0.3, 0.4) is 0 Å². The Bertz CT molecular complexity index is 528. The Morgan fingerprint density at radius 1 is 1.39 bits per heavy atom. The van der Waals surface area contributed by atoms with Crippen molar-refractivity contribution < 1.29 is 24.6 Å². The fourth-order valence-electron chi connectivity index (χ4n) is 3.50. The molecule has 0 aromatic heterocycles. The molecule has 0 saturated carbocycles. The summed E-state index contributed by atoms with van der Waals surface area (Å²) in [6.07, 6.45) is -1.20. The molecule has 3 amide bonds. The van der Waals surface area contributed by atoms with Crippen molar-refractivity contribution in [2.75, 3.05) is 13.1 Å². The maximum atomic E-state index is 13.0. The minimum absolute atomic E-state index is 0.203. The molecule has 2 heterocycles. The second kappa shape index (κ2) is 5.67. The number of hydrogen-bond acceptors (Lipinski definition) is 4. The molecule has 2 saturated heterocycles. The second-order valence-corrected chi connectivity index (χ2v) is 7.32. The molecule has 2 aliphatic rings. The smallest absolute Gasteiger partial charge is 0.408 e. The van der Waals surface area contributed by atoms with Crippen LogP contribution in [0.2, 0.25) is 0 Å². The third-order valence-corrected chi connectivity index (χ3v) is 4.64. The summed E-state index contributed by atoms with van der Waals surface area (Å²) in [7, 11) is 0. The highest BCUT2D eigenvalue weighted by molar-refractivity contribution is 5.99. The van der Waals surface area contributed by atoms with Crippen molar-refractivity contribution in [1.29, 1.82) is 0 Å². The van der Waals surface area contributed by atoms with Gasteiger partial charge in [-0.05, 0) is 40.5 Å².